The molecule has 4 aromatic carbocycles. The summed E-state index contributed by atoms with van der Waals surface area (Å²) in [5, 5.41) is 25.3. The highest BCUT2D eigenvalue weighted by molar-refractivity contribution is 6.74. The maximum absolute atomic E-state index is 13.3. The lowest BCUT2D eigenvalue weighted by Crippen LogP contribution is -2.44. The van der Waals surface area contributed by atoms with Crippen LogP contribution in [0.3, 0.4) is 0 Å². The molecule has 6 aromatic rings. The summed E-state index contributed by atoms with van der Waals surface area (Å²) < 4.78 is 20.3. The number of ether oxygens (including phenoxy) is 1. The van der Waals surface area contributed by atoms with E-state index in [2.05, 4.69) is 50.2 Å². The number of rotatable bonds is 16. The normalized spacial score (nSPS) is 16.4. The molecule has 1 saturated carbocycles. The van der Waals surface area contributed by atoms with Crippen molar-refractivity contribution in [3.05, 3.63) is 123 Å². The molecule has 2 heterocycles. The Labute approximate surface area is 369 Å². The van der Waals surface area contributed by atoms with Crippen molar-refractivity contribution in [2.45, 2.75) is 115 Å². The number of fused-ring (bicyclic) bond motifs is 2. The van der Waals surface area contributed by atoms with Crippen LogP contribution < -0.4 is 32.0 Å². The largest absolute Gasteiger partial charge is 0.506 e. The van der Waals surface area contributed by atoms with Gasteiger partial charge >= 0.3 is 11.8 Å². The second-order valence-electron chi connectivity index (χ2n) is 18.3. The summed E-state index contributed by atoms with van der Waals surface area (Å²) in [6.07, 6.45) is 3.80. The van der Waals surface area contributed by atoms with Crippen LogP contribution in [0, 0.1) is 0 Å². The predicted molar refractivity (Wildman–Crippen MR) is 252 cm³/mol. The van der Waals surface area contributed by atoms with E-state index < -0.39 is 26.3 Å². The van der Waals surface area contributed by atoms with E-state index >= 15 is 0 Å². The number of aromatic nitrogens is 2. The highest BCUT2D eigenvalue weighted by atomic mass is 28.4. The lowest BCUT2D eigenvalue weighted by Gasteiger charge is -2.39. The number of H-pyrrole nitrogens is 1. The molecule has 334 valence electrons. The number of carbonyl (C=O) groups is 1. The second kappa shape index (κ2) is 19.0. The minimum atomic E-state index is -2.30. The summed E-state index contributed by atoms with van der Waals surface area (Å²) in [6, 6.07) is 26.2. The molecule has 14 heteroatoms. The van der Waals surface area contributed by atoms with Crippen molar-refractivity contribution in [1.29, 1.82) is 0 Å². The molecule has 0 aliphatic heterocycles. The van der Waals surface area contributed by atoms with Crippen molar-refractivity contribution in [2.75, 3.05) is 18.6 Å². The number of pyridine rings is 1. The number of oxazole rings is 1. The minimum Gasteiger partial charge on any atom is -0.506 e. The van der Waals surface area contributed by atoms with Gasteiger partial charge in [-0.15, -0.1) is 0 Å². The molecule has 63 heavy (non-hydrogen) atoms. The first-order valence-corrected chi connectivity index (χ1v) is 24.8. The first-order chi connectivity index (χ1) is 30.0. The predicted octanol–water partition coefficient (Wildman–Crippen LogP) is 9.45. The average Bonchev–Trinajstić information content (AvgIpc) is 3.55. The molecule has 1 aliphatic carbocycles. The number of methoxy groups -OCH3 is 1. The highest BCUT2D eigenvalue weighted by Crippen LogP contribution is 2.42. The van der Waals surface area contributed by atoms with E-state index in [1.54, 1.807) is 28.7 Å². The van der Waals surface area contributed by atoms with Crippen molar-refractivity contribution in [3.8, 4) is 22.6 Å². The zero-order valence-corrected chi connectivity index (χ0v) is 38.2. The van der Waals surface area contributed by atoms with Gasteiger partial charge in [0.2, 0.25) is 5.56 Å². The van der Waals surface area contributed by atoms with Gasteiger partial charge in [0.25, 0.3) is 0 Å². The van der Waals surface area contributed by atoms with Crippen molar-refractivity contribution in [1.82, 2.24) is 14.9 Å². The summed E-state index contributed by atoms with van der Waals surface area (Å²) in [4.78, 5) is 42.6. The fraction of sp³-hybridized carbons (Fsp3) is 0.408. The fourth-order valence-corrected chi connectivity index (χ4v) is 9.78. The number of aromatic amines is 1. The number of hydrogen-bond acceptors (Lipinski definition) is 9. The van der Waals surface area contributed by atoms with Gasteiger partial charge in [0, 0.05) is 60.4 Å². The summed E-state index contributed by atoms with van der Waals surface area (Å²) in [5.41, 5.74) is 12.6. The van der Waals surface area contributed by atoms with Gasteiger partial charge in [-0.25, -0.2) is 9.59 Å². The number of nitrogens with two attached hydrogens (primary N) is 1. The Balaban J connectivity index is 1.06. The lowest BCUT2D eigenvalue weighted by atomic mass is 9.89. The molecular weight excluding hydrogens is 815 g/mol. The number of amides is 1. The summed E-state index contributed by atoms with van der Waals surface area (Å²) >= 11 is 0. The van der Waals surface area contributed by atoms with Crippen LogP contribution in [0.2, 0.25) is 18.1 Å². The van der Waals surface area contributed by atoms with E-state index in [0.717, 1.165) is 59.9 Å². The van der Waals surface area contributed by atoms with Crippen LogP contribution in [0.1, 0.15) is 82.1 Å². The van der Waals surface area contributed by atoms with Crippen LogP contribution in [0.5, 0.6) is 11.5 Å². The Kier molecular flexibility index (Phi) is 13.7. The standard InChI is InChI=1S/C49H61N5O8Si/c1-49(2,3)63(5,6)62-44(37-21-23-41(55)46-38(37)22-24-45(56)52-46)30-51-29-33-27-43-40(28-42(33)60-4)53(48(59)61-43)25-11-10-12-31-15-20-36(32-13-8-7-9-14-32)39(26-31)54(47(57)58)35-18-16-34(50)17-19-35/h7-9,13-15,20-24,26-28,34-35,44,51,55H,10-12,16-19,25,29-30,50H2,1-6H3,(H,52,56)(H,57,58)/t34?,35?,44-/m1/s1. The van der Waals surface area contributed by atoms with Gasteiger partial charge in [-0.3, -0.25) is 14.3 Å². The van der Waals surface area contributed by atoms with Crippen molar-refractivity contribution >= 4 is 42.1 Å². The van der Waals surface area contributed by atoms with E-state index in [9.17, 15) is 24.6 Å². The molecule has 7 rings (SSSR count). The number of unbranched alkanes of at least 4 members (excludes halogenated alkanes) is 1. The zero-order valence-electron chi connectivity index (χ0n) is 37.2. The molecule has 0 bridgehead atoms. The van der Waals surface area contributed by atoms with Gasteiger partial charge in [-0.05, 0) is 104 Å². The number of phenolic OH excluding ortho intramolecular Hbond substituents is 1. The Morgan fingerprint density at radius 1 is 1.00 bits per heavy atom. The molecule has 0 spiro atoms. The Bertz CT molecular complexity index is 2680. The molecule has 1 atom stereocenters. The summed E-state index contributed by atoms with van der Waals surface area (Å²) in [6.45, 7) is 12.2. The number of hydrogen-bond donors (Lipinski definition) is 5. The summed E-state index contributed by atoms with van der Waals surface area (Å²) in [7, 11) is -0.694. The Morgan fingerprint density at radius 3 is 2.44 bits per heavy atom. The number of aromatic hydroxyl groups is 1. The van der Waals surface area contributed by atoms with Crippen LogP contribution >= 0.6 is 0 Å². The number of nitrogens with zero attached hydrogens (tertiary/aromatic N) is 2. The van der Waals surface area contributed by atoms with Crippen LogP contribution in [0.25, 0.3) is 33.1 Å². The number of phenols is 1. The van der Waals surface area contributed by atoms with Gasteiger partial charge in [0.1, 0.15) is 11.5 Å². The number of nitrogens with one attached hydrogen (secondary N) is 2. The molecule has 1 fully saturated rings. The Hall–Kier alpha value is -5.67. The topological polar surface area (TPSA) is 185 Å². The lowest BCUT2D eigenvalue weighted by molar-refractivity contribution is 0.181. The van der Waals surface area contributed by atoms with Crippen molar-refractivity contribution in [3.63, 3.8) is 0 Å². The third-order valence-corrected chi connectivity index (χ3v) is 17.5. The SMILES string of the molecule is COc1cc2c(cc1CNC[C@@H](O[Si](C)(C)C(C)(C)C)c1ccc(O)c3[nH]c(=O)ccc13)oc(=O)n2CCCCc1ccc(-c2ccccc2)c(N(C(=O)O)C2CCC(N)CC2)c1. The molecular formula is C49H61N5O8Si. The smallest absolute Gasteiger partial charge is 0.419 e. The molecule has 6 N–H and O–H groups in total. The first kappa shape index (κ1) is 45.4. The van der Waals surface area contributed by atoms with Crippen molar-refractivity contribution < 1.29 is 28.6 Å². The first-order valence-electron chi connectivity index (χ1n) is 21.9. The molecule has 2 aromatic heterocycles. The van der Waals surface area contributed by atoms with Crippen LogP contribution in [-0.4, -0.2) is 59.9 Å². The third-order valence-electron chi connectivity index (χ3n) is 13.0. The van der Waals surface area contributed by atoms with E-state index in [1.165, 1.54) is 6.07 Å². The van der Waals surface area contributed by atoms with Gasteiger partial charge in [-0.1, -0.05) is 69.3 Å². The van der Waals surface area contributed by atoms with Crippen molar-refractivity contribution in [2.24, 2.45) is 5.73 Å². The fourth-order valence-electron chi connectivity index (χ4n) is 8.51. The molecule has 1 amide bonds. The van der Waals surface area contributed by atoms with Gasteiger partial charge in [-0.2, -0.15) is 0 Å². The maximum atomic E-state index is 13.3. The molecule has 1 aliphatic rings. The average molecular weight is 876 g/mol. The molecule has 0 radical (unpaired) electrons. The second-order valence-corrected chi connectivity index (χ2v) is 23.1. The van der Waals surface area contributed by atoms with E-state index in [0.29, 0.717) is 65.9 Å². The number of aryl methyl sites for hydroxylation is 2. The molecule has 13 nitrogen and oxygen atoms in total. The van der Waals surface area contributed by atoms with E-state index in [1.807, 2.05) is 60.7 Å². The van der Waals surface area contributed by atoms with Gasteiger partial charge in [0.05, 0.1) is 29.9 Å². The number of benzene rings is 4. The maximum Gasteiger partial charge on any atom is 0.419 e. The van der Waals surface area contributed by atoms with Crippen LogP contribution in [-0.2, 0) is 23.9 Å². The van der Waals surface area contributed by atoms with Crippen LogP contribution in [0.4, 0.5) is 10.5 Å². The minimum absolute atomic E-state index is 0.00924. The zero-order chi connectivity index (χ0) is 45.1. The number of anilines is 1. The molecule has 0 saturated heterocycles. The Morgan fingerprint density at radius 2 is 1.75 bits per heavy atom. The molecule has 0 unspecified atom stereocenters. The van der Waals surface area contributed by atoms with Gasteiger partial charge < -0.3 is 39.8 Å². The quantitative estimate of drug-likeness (QED) is 0.0464. The van der Waals surface area contributed by atoms with Gasteiger partial charge in [0.15, 0.2) is 13.9 Å². The van der Waals surface area contributed by atoms with E-state index in [4.69, 9.17) is 19.3 Å². The van der Waals surface area contributed by atoms with Crippen LogP contribution in [0.15, 0.2) is 98.9 Å². The monoisotopic (exact) mass is 875 g/mol. The van der Waals surface area contributed by atoms with E-state index in [-0.39, 0.29) is 28.4 Å². The highest BCUT2D eigenvalue weighted by Gasteiger charge is 2.40. The third kappa shape index (κ3) is 10.1. The summed E-state index contributed by atoms with van der Waals surface area (Å²) in [5.74, 6) is 0.147. The number of carboxylic acid groups (broad SMARTS) is 1.